The van der Waals surface area contributed by atoms with Gasteiger partial charge in [-0.25, -0.2) is 4.79 Å². The Morgan fingerprint density at radius 2 is 1.70 bits per heavy atom. The minimum atomic E-state index is -0.494. The number of nitrogens with one attached hydrogen (secondary N) is 2. The molecule has 30 heavy (non-hydrogen) atoms. The topological polar surface area (TPSA) is 126 Å². The summed E-state index contributed by atoms with van der Waals surface area (Å²) in [5.41, 5.74) is 6.24. The van der Waals surface area contributed by atoms with Crippen molar-refractivity contribution in [1.29, 1.82) is 5.41 Å². The van der Waals surface area contributed by atoms with Gasteiger partial charge in [0.25, 0.3) is 0 Å². The van der Waals surface area contributed by atoms with Gasteiger partial charge in [0.2, 0.25) is 11.8 Å². The van der Waals surface area contributed by atoms with Crippen molar-refractivity contribution >= 4 is 41.2 Å². The number of hydrogen-bond donors (Lipinski definition) is 3. The van der Waals surface area contributed by atoms with Gasteiger partial charge in [-0.15, -0.1) is 11.8 Å². The normalized spacial score (nSPS) is 13.8. The maximum atomic E-state index is 12.3. The number of benzene rings is 2. The van der Waals surface area contributed by atoms with Crippen molar-refractivity contribution in [2.45, 2.75) is 24.2 Å². The number of imide groups is 1. The maximum absolute atomic E-state index is 12.3. The van der Waals surface area contributed by atoms with E-state index >= 15 is 0 Å². The van der Waals surface area contributed by atoms with Gasteiger partial charge in [-0.2, -0.15) is 0 Å². The lowest BCUT2D eigenvalue weighted by atomic mass is 10.1. The summed E-state index contributed by atoms with van der Waals surface area (Å²) in [5.74, 6) is 0.150. The second-order valence-electron chi connectivity index (χ2n) is 6.62. The average molecular weight is 426 g/mol. The molecule has 0 unspecified atom stereocenters. The number of likely N-dealkylation sites (tertiary alicyclic amines) is 1. The number of rotatable bonds is 7. The molecule has 0 spiro atoms. The van der Waals surface area contributed by atoms with E-state index in [1.807, 2.05) is 12.1 Å². The Balaban J connectivity index is 1.49. The molecule has 1 heterocycles. The molecule has 8 nitrogen and oxygen atoms in total. The molecule has 1 fully saturated rings. The zero-order valence-electron chi connectivity index (χ0n) is 16.2. The molecule has 2 aromatic carbocycles. The second kappa shape index (κ2) is 9.93. The van der Waals surface area contributed by atoms with E-state index in [2.05, 4.69) is 5.32 Å². The summed E-state index contributed by atoms with van der Waals surface area (Å²) in [6.07, 6.45) is 1.51. The third-order valence-corrected chi connectivity index (χ3v) is 5.39. The molecule has 9 heteroatoms. The van der Waals surface area contributed by atoms with Crippen LogP contribution < -0.4 is 15.8 Å². The number of piperidine rings is 1. The molecule has 0 aliphatic carbocycles. The second-order valence-corrected chi connectivity index (χ2v) is 7.79. The Labute approximate surface area is 178 Å². The first-order valence-corrected chi connectivity index (χ1v) is 10.4. The number of carbonyl (C=O) groups excluding carboxylic acids is 3. The number of anilines is 1. The summed E-state index contributed by atoms with van der Waals surface area (Å²) in [5, 5.41) is 9.82. The molecule has 0 saturated carbocycles. The van der Waals surface area contributed by atoms with Crippen molar-refractivity contribution in [3.8, 4) is 5.75 Å². The fourth-order valence-corrected chi connectivity index (χ4v) is 3.76. The van der Waals surface area contributed by atoms with Crippen LogP contribution in [0.1, 0.15) is 29.6 Å². The number of nitrogens with two attached hydrogens (primary N) is 1. The summed E-state index contributed by atoms with van der Waals surface area (Å²) < 4.78 is 5.37. The SMILES string of the molecule is N=C(N)Nc1ccc(C(=O)Oc2ccc(SCCN3C(=O)CCCC3=O)cc2)cc1. The van der Waals surface area contributed by atoms with Gasteiger partial charge in [-0.05, 0) is 55.0 Å². The third-order valence-electron chi connectivity index (χ3n) is 4.40. The summed E-state index contributed by atoms with van der Waals surface area (Å²) in [4.78, 5) is 38.2. The molecule has 0 aromatic heterocycles. The Morgan fingerprint density at radius 1 is 1.07 bits per heavy atom. The Kier molecular flexibility index (Phi) is 7.08. The fraction of sp³-hybridized carbons (Fsp3) is 0.238. The zero-order chi connectivity index (χ0) is 21.5. The number of ether oxygens (including phenoxy) is 1. The molecule has 2 amide bonds. The first kappa shape index (κ1) is 21.4. The number of hydrogen-bond acceptors (Lipinski definition) is 6. The monoisotopic (exact) mass is 426 g/mol. The summed E-state index contributed by atoms with van der Waals surface area (Å²) >= 11 is 1.53. The van der Waals surface area contributed by atoms with Gasteiger partial charge in [0.05, 0.1) is 5.56 Å². The fourth-order valence-electron chi connectivity index (χ4n) is 2.92. The Hall–Kier alpha value is -3.33. The van der Waals surface area contributed by atoms with Crippen LogP contribution in [0, 0.1) is 5.41 Å². The highest BCUT2D eigenvalue weighted by Gasteiger charge is 2.25. The van der Waals surface area contributed by atoms with Crippen LogP contribution in [0.4, 0.5) is 5.69 Å². The van der Waals surface area contributed by atoms with E-state index in [-0.39, 0.29) is 17.8 Å². The van der Waals surface area contributed by atoms with Crippen molar-refractivity contribution in [2.75, 3.05) is 17.6 Å². The summed E-state index contributed by atoms with van der Waals surface area (Å²) in [6, 6.07) is 13.5. The van der Waals surface area contributed by atoms with E-state index in [1.54, 1.807) is 36.4 Å². The molecule has 0 bridgehead atoms. The summed E-state index contributed by atoms with van der Waals surface area (Å²) in [6.45, 7) is 0.396. The van der Waals surface area contributed by atoms with Gasteiger partial charge in [0, 0.05) is 35.7 Å². The minimum absolute atomic E-state index is 0.0979. The van der Waals surface area contributed by atoms with E-state index in [1.165, 1.54) is 16.7 Å². The molecule has 156 valence electrons. The van der Waals surface area contributed by atoms with Crippen LogP contribution >= 0.6 is 11.8 Å². The van der Waals surface area contributed by atoms with E-state index in [4.69, 9.17) is 15.9 Å². The van der Waals surface area contributed by atoms with Gasteiger partial charge in [0.1, 0.15) is 5.75 Å². The van der Waals surface area contributed by atoms with E-state index in [0.29, 0.717) is 48.6 Å². The molecule has 0 radical (unpaired) electrons. The van der Waals surface area contributed by atoms with Crippen LogP contribution in [-0.2, 0) is 9.59 Å². The molecule has 1 saturated heterocycles. The van der Waals surface area contributed by atoms with Crippen LogP contribution in [0.2, 0.25) is 0 Å². The number of amides is 2. The van der Waals surface area contributed by atoms with Crippen molar-refractivity contribution in [1.82, 2.24) is 4.90 Å². The lowest BCUT2D eigenvalue weighted by molar-refractivity contribution is -0.147. The first-order chi connectivity index (χ1) is 14.4. The maximum Gasteiger partial charge on any atom is 0.343 e. The lowest BCUT2D eigenvalue weighted by Gasteiger charge is -2.24. The molecular formula is C21H22N4O4S. The lowest BCUT2D eigenvalue weighted by Crippen LogP contribution is -2.41. The standard InChI is InChI=1S/C21H22N4O4S/c22-21(23)24-15-6-4-14(5-7-15)20(28)29-16-8-10-17(11-9-16)30-13-12-25-18(26)2-1-3-19(25)27/h4-11H,1-3,12-13H2,(H4,22,23,24). The van der Waals surface area contributed by atoms with Gasteiger partial charge >= 0.3 is 5.97 Å². The molecule has 3 rings (SSSR count). The van der Waals surface area contributed by atoms with Crippen molar-refractivity contribution < 1.29 is 19.1 Å². The Morgan fingerprint density at radius 3 is 2.30 bits per heavy atom. The molecular weight excluding hydrogens is 404 g/mol. The highest BCUT2D eigenvalue weighted by Crippen LogP contribution is 2.23. The van der Waals surface area contributed by atoms with Crippen molar-refractivity contribution in [2.24, 2.45) is 5.73 Å². The number of esters is 1. The quantitative estimate of drug-likeness (QED) is 0.155. The van der Waals surface area contributed by atoms with Gasteiger partial charge in [0.15, 0.2) is 5.96 Å². The van der Waals surface area contributed by atoms with Gasteiger partial charge in [-0.1, -0.05) is 0 Å². The predicted molar refractivity (Wildman–Crippen MR) is 115 cm³/mol. The predicted octanol–water partition coefficient (Wildman–Crippen LogP) is 2.84. The van der Waals surface area contributed by atoms with Crippen molar-refractivity contribution in [3.05, 3.63) is 54.1 Å². The van der Waals surface area contributed by atoms with Gasteiger partial charge < -0.3 is 15.8 Å². The zero-order valence-corrected chi connectivity index (χ0v) is 17.0. The van der Waals surface area contributed by atoms with Gasteiger partial charge in [-0.3, -0.25) is 19.9 Å². The number of nitrogens with zero attached hydrogens (tertiary/aromatic N) is 1. The van der Waals surface area contributed by atoms with Crippen LogP contribution in [-0.4, -0.2) is 40.9 Å². The number of carbonyl (C=O) groups is 3. The number of thioether (sulfide) groups is 1. The summed E-state index contributed by atoms with van der Waals surface area (Å²) in [7, 11) is 0. The smallest absolute Gasteiger partial charge is 0.343 e. The minimum Gasteiger partial charge on any atom is -0.423 e. The van der Waals surface area contributed by atoms with Crippen LogP contribution in [0.15, 0.2) is 53.4 Å². The highest BCUT2D eigenvalue weighted by atomic mass is 32.2. The largest absolute Gasteiger partial charge is 0.423 e. The van der Waals surface area contributed by atoms with E-state index in [0.717, 1.165) is 4.90 Å². The number of guanidine groups is 1. The van der Waals surface area contributed by atoms with Crippen LogP contribution in [0.3, 0.4) is 0 Å². The molecule has 4 N–H and O–H groups in total. The van der Waals surface area contributed by atoms with Crippen molar-refractivity contribution in [3.63, 3.8) is 0 Å². The Bertz CT molecular complexity index is 928. The van der Waals surface area contributed by atoms with E-state index in [9.17, 15) is 14.4 Å². The first-order valence-electron chi connectivity index (χ1n) is 9.42. The molecule has 2 aromatic rings. The average Bonchev–Trinajstić information content (AvgIpc) is 2.71. The van der Waals surface area contributed by atoms with Crippen LogP contribution in [0.25, 0.3) is 0 Å². The molecule has 1 aliphatic heterocycles. The molecule has 0 atom stereocenters. The third kappa shape index (κ3) is 5.84. The van der Waals surface area contributed by atoms with Crippen LogP contribution in [0.5, 0.6) is 5.75 Å². The van der Waals surface area contributed by atoms with E-state index < -0.39 is 5.97 Å². The highest BCUT2D eigenvalue weighted by molar-refractivity contribution is 7.99. The molecule has 1 aliphatic rings.